The number of nitrogens with zero attached hydrogens (tertiary/aromatic N) is 5. The van der Waals surface area contributed by atoms with Crippen molar-refractivity contribution in [2.75, 3.05) is 9.62 Å². The van der Waals surface area contributed by atoms with Gasteiger partial charge < -0.3 is 0 Å². The number of hydrogen-bond donors (Lipinski definition) is 0. The van der Waals surface area contributed by atoms with Gasteiger partial charge in [0, 0.05) is 11.3 Å². The molecule has 2 aromatic heterocycles. The van der Waals surface area contributed by atoms with E-state index in [1.807, 2.05) is 24.3 Å². The molecule has 14 rings (SSSR count). The second-order valence-electron chi connectivity index (χ2n) is 19.7. The molecule has 11 aromatic rings. The van der Waals surface area contributed by atoms with Crippen molar-refractivity contribution in [2.45, 2.75) is 26.2 Å². The summed E-state index contributed by atoms with van der Waals surface area (Å²) in [6, 6.07) is 83.1. The van der Waals surface area contributed by atoms with E-state index >= 15 is 0 Å². The van der Waals surface area contributed by atoms with Crippen LogP contribution >= 0.6 is 0 Å². The predicted octanol–water partition coefficient (Wildman–Crippen LogP) is 15.2. The molecule has 8 heteroatoms. The van der Waals surface area contributed by atoms with Gasteiger partial charge in [-0.15, -0.1) is 6.07 Å². The van der Waals surface area contributed by atoms with Gasteiger partial charge in [0.1, 0.15) is 0 Å². The first-order valence-electron chi connectivity index (χ1n) is 24.4. The first-order valence-corrected chi connectivity index (χ1v) is 25.5. The van der Waals surface area contributed by atoms with Crippen molar-refractivity contribution in [1.29, 1.82) is 0 Å². The van der Waals surface area contributed by atoms with Crippen LogP contribution in [0.2, 0.25) is 0 Å². The Hall–Kier alpha value is -8.25. The molecule has 3 aliphatic heterocycles. The Morgan fingerprint density at radius 1 is 0.514 bits per heavy atom. The number of imidazole rings is 1. The summed E-state index contributed by atoms with van der Waals surface area (Å²) >= 11 is 2.51. The summed E-state index contributed by atoms with van der Waals surface area (Å²) in [6.07, 6.45) is 0. The fraction of sp³-hybridized carbons (Fsp3) is 0.0625. The van der Waals surface area contributed by atoms with Gasteiger partial charge in [-0.2, -0.15) is 12.1 Å². The van der Waals surface area contributed by atoms with Gasteiger partial charge in [0.15, 0.2) is 0 Å². The SMILES string of the molecule is CC(C)(C)c1cc(-c2ccccc2)cc(-c2cccc(-c3ccccc3)c2-n2[c](=[Pt])n(-c3[c-]c(Oc4ccc5c(n4)N4B6c7c(cccc7-5)-c5ccccc5N6c5ccc[c-]c54)ccc3)c3ccccc32)c1. The van der Waals surface area contributed by atoms with Crippen LogP contribution in [0.4, 0.5) is 22.9 Å². The second-order valence-corrected chi connectivity index (χ2v) is 20.7. The Bertz CT molecular complexity index is 4060. The van der Waals surface area contributed by atoms with Gasteiger partial charge in [-0.1, -0.05) is 30.3 Å². The molecule has 0 spiro atoms. The van der Waals surface area contributed by atoms with E-state index in [2.05, 4.69) is 259 Å². The van der Waals surface area contributed by atoms with Crippen molar-refractivity contribution >= 4 is 46.4 Å². The number of aromatic nitrogens is 3. The molecule has 0 fully saturated rings. The Balaban J connectivity index is 0.906. The van der Waals surface area contributed by atoms with E-state index < -0.39 is 0 Å². The molecule has 0 saturated carbocycles. The van der Waals surface area contributed by atoms with Crippen LogP contribution in [0.25, 0.3) is 78.0 Å². The molecule has 6 nitrogen and oxygen atoms in total. The molecule has 0 amide bonds. The predicted molar refractivity (Wildman–Crippen MR) is 290 cm³/mol. The summed E-state index contributed by atoms with van der Waals surface area (Å²) in [7, 11) is 0. The second kappa shape index (κ2) is 16.4. The molecule has 3 aliphatic rings. The third-order valence-electron chi connectivity index (χ3n) is 14.5. The van der Waals surface area contributed by atoms with Crippen molar-refractivity contribution in [1.82, 2.24) is 14.1 Å². The summed E-state index contributed by atoms with van der Waals surface area (Å²) in [5.41, 5.74) is 21.5. The maximum atomic E-state index is 6.80. The van der Waals surface area contributed by atoms with Crippen LogP contribution < -0.4 is 19.8 Å². The van der Waals surface area contributed by atoms with Crippen LogP contribution in [0, 0.1) is 15.9 Å². The molecule has 346 valence electrons. The third kappa shape index (κ3) is 6.61. The number of pyridine rings is 1. The van der Waals surface area contributed by atoms with Crippen LogP contribution in [0.3, 0.4) is 0 Å². The van der Waals surface area contributed by atoms with Crippen LogP contribution in [0.15, 0.2) is 212 Å². The fourth-order valence-electron chi connectivity index (χ4n) is 11.2. The molecule has 5 heterocycles. The maximum absolute atomic E-state index is 6.80. The number of anilines is 4. The Morgan fingerprint density at radius 2 is 1.14 bits per heavy atom. The van der Waals surface area contributed by atoms with Crippen molar-refractivity contribution < 1.29 is 24.1 Å². The number of hydrogen-bond acceptors (Lipinski definition) is 4. The zero-order valence-corrected chi connectivity index (χ0v) is 42.0. The van der Waals surface area contributed by atoms with Gasteiger partial charge in [0.2, 0.25) is 0 Å². The Morgan fingerprint density at radius 3 is 1.92 bits per heavy atom. The monoisotopic (exact) mass is 1100 g/mol. The Labute approximate surface area is 430 Å². The summed E-state index contributed by atoms with van der Waals surface area (Å²) in [5, 5.41) is 0. The van der Waals surface area contributed by atoms with Crippen molar-refractivity contribution in [3.63, 3.8) is 0 Å². The van der Waals surface area contributed by atoms with E-state index in [9.17, 15) is 0 Å². The van der Waals surface area contributed by atoms with Gasteiger partial charge in [-0.25, -0.2) is 0 Å². The molecule has 0 N–H and O–H groups in total. The van der Waals surface area contributed by atoms with E-state index in [1.165, 1.54) is 44.5 Å². The normalized spacial score (nSPS) is 12.9. The van der Waals surface area contributed by atoms with Crippen LogP contribution in [0.5, 0.6) is 11.6 Å². The standard InChI is InChI=1S/C64H44BN5O.Pt/c1-64(2,3)46-38-44(42-19-6-4-7-20-42)37-45(39-46)50-27-17-26-49(43-21-8-5-9-22-43)62(50)68-41-67(56-31-12-13-32-57(56)68)47-23-16-24-48(40-47)71-60-36-35-54-53-29-18-28-52-51-25-10-11-30-55(51)69-58-33-14-15-34-59(58)70(63(54)66-60)65(69)61(52)53;/h4-33,35-39H,1-3H3;/q-2;. The molecule has 72 heavy (non-hydrogen) atoms. The average Bonchev–Trinajstić information content (AvgIpc) is 3.93. The molecule has 0 atom stereocenters. The summed E-state index contributed by atoms with van der Waals surface area (Å²) in [5.74, 6) is 1.90. The number of rotatable bonds is 7. The van der Waals surface area contributed by atoms with E-state index in [0.29, 0.717) is 11.6 Å². The van der Waals surface area contributed by atoms with Crippen molar-refractivity contribution in [2.24, 2.45) is 0 Å². The van der Waals surface area contributed by atoms with Gasteiger partial charge in [0.25, 0.3) is 0 Å². The van der Waals surface area contributed by atoms with Crippen LogP contribution in [-0.4, -0.2) is 21.1 Å². The molecule has 0 unspecified atom stereocenters. The Kier molecular flexibility index (Phi) is 9.71. The van der Waals surface area contributed by atoms with Gasteiger partial charge in [0.05, 0.1) is 0 Å². The number of fused-ring (bicyclic) bond motifs is 10. The summed E-state index contributed by atoms with van der Waals surface area (Å²) in [4.78, 5) is 10.1. The number of ether oxygens (including phenoxy) is 1. The summed E-state index contributed by atoms with van der Waals surface area (Å²) in [6.45, 7) is 6.78. The van der Waals surface area contributed by atoms with E-state index in [0.717, 1.165) is 71.2 Å². The minimum absolute atomic E-state index is 0.0801. The van der Waals surface area contributed by atoms with E-state index in [-0.39, 0.29) is 12.4 Å². The first-order chi connectivity index (χ1) is 35.3. The quantitative estimate of drug-likeness (QED) is 0.118. The average molecular weight is 1100 g/mol. The summed E-state index contributed by atoms with van der Waals surface area (Å²) < 4.78 is 12.5. The fourth-order valence-corrected chi connectivity index (χ4v) is 12.3. The van der Waals surface area contributed by atoms with Crippen LogP contribution in [-0.2, 0) is 24.8 Å². The van der Waals surface area contributed by atoms with Crippen LogP contribution in [0.1, 0.15) is 26.3 Å². The molecule has 0 saturated heterocycles. The topological polar surface area (TPSA) is 38.5 Å². The first kappa shape index (κ1) is 42.6. The van der Waals surface area contributed by atoms with Gasteiger partial charge in [-0.3, -0.25) is 0 Å². The van der Waals surface area contributed by atoms with E-state index in [4.69, 9.17) is 9.72 Å². The van der Waals surface area contributed by atoms with Crippen molar-refractivity contribution in [3.8, 4) is 78.6 Å². The van der Waals surface area contributed by atoms with Gasteiger partial charge in [-0.05, 0) is 11.6 Å². The molecule has 0 aliphatic carbocycles. The zero-order valence-electron chi connectivity index (χ0n) is 39.7. The third-order valence-corrected chi connectivity index (χ3v) is 15.5. The minimum atomic E-state index is -0.110. The van der Waals surface area contributed by atoms with Crippen molar-refractivity contribution in [3.05, 3.63) is 234 Å². The zero-order chi connectivity index (χ0) is 48.2. The molecule has 9 aromatic carbocycles. The molecular formula is C64H44BN5OPt-2. The van der Waals surface area contributed by atoms with E-state index in [1.54, 1.807) is 0 Å². The molecular weight excluding hydrogens is 1060 g/mol. The number of benzene rings is 9. The number of para-hydroxylation sites is 5. The molecule has 0 bridgehead atoms. The molecule has 0 radical (unpaired) electrons. The van der Waals surface area contributed by atoms with Gasteiger partial charge >= 0.3 is 361 Å².